The Labute approximate surface area is 178 Å². The van der Waals surface area contributed by atoms with Crippen molar-refractivity contribution in [3.8, 4) is 0 Å². The lowest BCUT2D eigenvalue weighted by Crippen LogP contribution is -2.58. The van der Waals surface area contributed by atoms with Crippen LogP contribution in [0.1, 0.15) is 6.42 Å². The Bertz CT molecular complexity index is 869. The highest BCUT2D eigenvalue weighted by atomic mass is 31.2. The van der Waals surface area contributed by atoms with Crippen LogP contribution in [-0.4, -0.2) is 102 Å². The zero-order chi connectivity index (χ0) is 24.6. The van der Waals surface area contributed by atoms with E-state index in [1.807, 2.05) is 0 Å². The molecule has 2 fully saturated rings. The van der Waals surface area contributed by atoms with E-state index >= 15 is 0 Å². The van der Waals surface area contributed by atoms with Crippen molar-refractivity contribution in [1.29, 1.82) is 0 Å². The summed E-state index contributed by atoms with van der Waals surface area (Å²) in [5, 5.41) is 40.5. The Morgan fingerprint density at radius 3 is 2.03 bits per heavy atom. The fraction of sp³-hybridized carbons (Fsp3) is 0.714. The molecule has 6 unspecified atom stereocenters. The normalized spacial score (nSPS) is 37.0. The second-order valence-electron chi connectivity index (χ2n) is 7.20. The monoisotopic (exact) mass is 506 g/mol. The average Bonchev–Trinajstić information content (AvgIpc) is 3.28. The minimum atomic E-state index is -5.36. The largest absolute Gasteiger partial charge is 0.472 e. The van der Waals surface area contributed by atoms with Gasteiger partial charge >= 0.3 is 15.6 Å². The van der Waals surface area contributed by atoms with Crippen molar-refractivity contribution >= 4 is 39.8 Å². The van der Waals surface area contributed by atoms with E-state index in [4.69, 9.17) is 9.79 Å². The number of phosphoric acid groups is 2. The SMILES string of the molecule is O=CC(=O)C[C@H](COP(=O)(O)OC1C(O)[C@@H](O)C(O)[C@H]2C(OP(=O)(O)O)C12O)C(=O)C=O. The molecular weight excluding hydrogens is 486 g/mol. The quantitative estimate of drug-likeness (QED) is 0.0754. The zero-order valence-corrected chi connectivity index (χ0v) is 17.6. The average molecular weight is 506 g/mol. The van der Waals surface area contributed by atoms with Gasteiger partial charge in [0.25, 0.3) is 0 Å². The molecule has 2 saturated carbocycles. The maximum Gasteiger partial charge on any atom is 0.472 e. The number of phosphoric ester groups is 2. The van der Waals surface area contributed by atoms with Gasteiger partial charge in [-0.1, -0.05) is 0 Å². The number of Topliss-reactive ketones (excluding diaryl/α,β-unsaturated/α-hetero) is 2. The second-order valence-corrected chi connectivity index (χ2v) is 9.80. The summed E-state index contributed by atoms with van der Waals surface area (Å²) in [5.41, 5.74) is -2.65. The first-order valence-corrected chi connectivity index (χ1v) is 11.7. The van der Waals surface area contributed by atoms with E-state index < -0.39 is 88.2 Å². The summed E-state index contributed by atoms with van der Waals surface area (Å²) in [6.45, 7) is -1.09. The summed E-state index contributed by atoms with van der Waals surface area (Å²) < 4.78 is 36.8. The highest BCUT2D eigenvalue weighted by Crippen LogP contribution is 2.63. The van der Waals surface area contributed by atoms with Gasteiger partial charge in [0.2, 0.25) is 5.78 Å². The summed E-state index contributed by atoms with van der Waals surface area (Å²) in [5.74, 6) is -5.68. The van der Waals surface area contributed by atoms with Gasteiger partial charge in [-0.2, -0.15) is 0 Å². The van der Waals surface area contributed by atoms with Crippen molar-refractivity contribution in [2.24, 2.45) is 11.8 Å². The number of aliphatic hydroxyl groups excluding tert-OH is 3. The van der Waals surface area contributed by atoms with Crippen LogP contribution < -0.4 is 0 Å². The molecule has 18 heteroatoms. The van der Waals surface area contributed by atoms with E-state index in [0.717, 1.165) is 0 Å². The van der Waals surface area contributed by atoms with Crippen molar-refractivity contribution in [3.63, 3.8) is 0 Å². The second kappa shape index (κ2) is 9.54. The van der Waals surface area contributed by atoms with Crippen LogP contribution in [0.3, 0.4) is 0 Å². The standard InChI is InChI=1S/C14H20O16P2/c15-2-6(17)1-5(7(18)3-16)4-28-32(26,27)30-13-11(21)10(20)9(19)8-12(14(8,13)22)29-31(23,24)25/h2-3,5,8-13,19-22H,1,4H2,(H,26,27)(H2,23,24,25)/t5-,8+,9?,10+,11?,12?,13?,14?/m1/s1. The first-order valence-electron chi connectivity index (χ1n) is 8.72. The van der Waals surface area contributed by atoms with Crippen molar-refractivity contribution < 1.29 is 77.0 Å². The molecule has 9 atom stereocenters. The molecular formula is C14H20O16P2. The van der Waals surface area contributed by atoms with Crippen LogP contribution >= 0.6 is 15.6 Å². The van der Waals surface area contributed by atoms with Gasteiger partial charge < -0.3 is 35.1 Å². The van der Waals surface area contributed by atoms with Gasteiger partial charge in [0.05, 0.1) is 24.5 Å². The van der Waals surface area contributed by atoms with E-state index in [2.05, 4.69) is 13.6 Å². The molecule has 2 aliphatic carbocycles. The Balaban J connectivity index is 2.19. The lowest BCUT2D eigenvalue weighted by Gasteiger charge is -2.37. The van der Waals surface area contributed by atoms with Crippen LogP contribution in [0.4, 0.5) is 0 Å². The number of aliphatic hydroxyl groups is 4. The molecule has 0 spiro atoms. The molecule has 0 radical (unpaired) electrons. The lowest BCUT2D eigenvalue weighted by atomic mass is 9.87. The van der Waals surface area contributed by atoms with E-state index in [-0.39, 0.29) is 12.6 Å². The predicted molar refractivity (Wildman–Crippen MR) is 94.3 cm³/mol. The summed E-state index contributed by atoms with van der Waals surface area (Å²) in [6.07, 6.45) is -11.8. The Kier molecular flexibility index (Phi) is 8.05. The molecule has 0 aliphatic heterocycles. The third kappa shape index (κ3) is 5.62. The molecule has 2 rings (SSSR count). The molecule has 16 nitrogen and oxygen atoms in total. The lowest BCUT2D eigenvalue weighted by molar-refractivity contribution is -0.179. The van der Waals surface area contributed by atoms with Gasteiger partial charge in [-0.15, -0.1) is 0 Å². The number of hydrogen-bond donors (Lipinski definition) is 7. The first-order chi connectivity index (χ1) is 14.6. The third-order valence-corrected chi connectivity index (χ3v) is 6.55. The third-order valence-electron chi connectivity index (χ3n) is 5.07. The van der Waals surface area contributed by atoms with Gasteiger partial charge in [0.1, 0.15) is 30.0 Å². The minimum absolute atomic E-state index is 0.158. The van der Waals surface area contributed by atoms with Crippen molar-refractivity contribution in [1.82, 2.24) is 0 Å². The van der Waals surface area contributed by atoms with Crippen LogP contribution in [0.15, 0.2) is 0 Å². The molecule has 0 saturated heterocycles. The van der Waals surface area contributed by atoms with Crippen LogP contribution in [0, 0.1) is 11.8 Å². The zero-order valence-electron chi connectivity index (χ0n) is 15.8. The van der Waals surface area contributed by atoms with E-state index in [0.29, 0.717) is 0 Å². The van der Waals surface area contributed by atoms with Gasteiger partial charge in [-0.25, -0.2) is 9.13 Å². The molecule has 182 valence electrons. The minimum Gasteiger partial charge on any atom is -0.390 e. The highest BCUT2D eigenvalue weighted by molar-refractivity contribution is 7.47. The van der Waals surface area contributed by atoms with Crippen LogP contribution in [-0.2, 0) is 41.9 Å². The van der Waals surface area contributed by atoms with E-state index in [9.17, 15) is 53.6 Å². The number of fused-ring (bicyclic) bond motifs is 1. The summed E-state index contributed by atoms with van der Waals surface area (Å²) in [6, 6.07) is 0. The Hall–Kier alpha value is -1.26. The molecule has 0 aromatic rings. The van der Waals surface area contributed by atoms with E-state index in [1.54, 1.807) is 0 Å². The number of carbonyl (C=O) groups excluding carboxylic acids is 4. The topological polar surface area (TPSA) is 272 Å². The summed E-state index contributed by atoms with van der Waals surface area (Å²) >= 11 is 0. The van der Waals surface area contributed by atoms with Crippen LogP contribution in [0.2, 0.25) is 0 Å². The van der Waals surface area contributed by atoms with E-state index in [1.165, 1.54) is 0 Å². The van der Waals surface area contributed by atoms with Gasteiger partial charge in [0, 0.05) is 6.42 Å². The number of ketones is 2. The molecule has 32 heavy (non-hydrogen) atoms. The molecule has 0 aromatic carbocycles. The fourth-order valence-corrected chi connectivity index (χ4v) is 5.10. The molecule has 0 heterocycles. The summed E-state index contributed by atoms with van der Waals surface area (Å²) in [4.78, 5) is 71.5. The first kappa shape index (κ1) is 27.0. The Morgan fingerprint density at radius 2 is 1.53 bits per heavy atom. The van der Waals surface area contributed by atoms with Gasteiger partial charge in [-0.3, -0.25) is 32.7 Å². The number of aldehydes is 2. The Morgan fingerprint density at radius 1 is 0.938 bits per heavy atom. The number of hydrogen-bond acceptors (Lipinski definition) is 13. The number of carbonyl (C=O) groups is 4. The maximum atomic E-state index is 12.3. The fourth-order valence-electron chi connectivity index (χ4n) is 3.49. The smallest absolute Gasteiger partial charge is 0.390 e. The maximum absolute atomic E-state index is 12.3. The molecule has 7 N–H and O–H groups in total. The summed E-state index contributed by atoms with van der Waals surface area (Å²) in [7, 11) is -10.6. The molecule has 0 aromatic heterocycles. The predicted octanol–water partition coefficient (Wildman–Crippen LogP) is -4.03. The number of rotatable bonds is 12. The molecule has 0 amide bonds. The van der Waals surface area contributed by atoms with Crippen LogP contribution in [0.25, 0.3) is 0 Å². The highest BCUT2D eigenvalue weighted by Gasteiger charge is 2.79. The van der Waals surface area contributed by atoms with Crippen LogP contribution in [0.5, 0.6) is 0 Å². The van der Waals surface area contributed by atoms with Crippen molar-refractivity contribution in [2.45, 2.75) is 42.5 Å². The molecule has 0 bridgehead atoms. The van der Waals surface area contributed by atoms with Crippen molar-refractivity contribution in [3.05, 3.63) is 0 Å². The van der Waals surface area contributed by atoms with Gasteiger partial charge in [0.15, 0.2) is 18.4 Å². The van der Waals surface area contributed by atoms with Gasteiger partial charge in [-0.05, 0) is 0 Å². The molecule has 2 aliphatic rings. The van der Waals surface area contributed by atoms with Crippen molar-refractivity contribution in [2.75, 3.05) is 6.61 Å².